The molecule has 40 heavy (non-hydrogen) atoms. The number of carbonyl (C=O) groups excluding carboxylic acids is 2. The summed E-state index contributed by atoms with van der Waals surface area (Å²) in [6.07, 6.45) is 1.71. The Kier molecular flexibility index (Phi) is 8.08. The van der Waals surface area contributed by atoms with E-state index in [0.29, 0.717) is 40.9 Å². The van der Waals surface area contributed by atoms with Gasteiger partial charge in [0.25, 0.3) is 5.91 Å². The summed E-state index contributed by atoms with van der Waals surface area (Å²) in [6.45, 7) is 4.24. The Hall–Kier alpha value is -3.91. The van der Waals surface area contributed by atoms with Gasteiger partial charge in [0, 0.05) is 38.2 Å². The highest BCUT2D eigenvalue weighted by molar-refractivity contribution is 6.60. The van der Waals surface area contributed by atoms with E-state index in [0.717, 1.165) is 39.0 Å². The summed E-state index contributed by atoms with van der Waals surface area (Å²) in [6, 6.07) is 7.06. The Morgan fingerprint density at radius 1 is 1.18 bits per heavy atom. The molecule has 1 aromatic carbocycles. The molecule has 13 nitrogen and oxygen atoms in total. The van der Waals surface area contributed by atoms with E-state index < -0.39 is 11.1 Å². The van der Waals surface area contributed by atoms with Crippen LogP contribution in [0.1, 0.15) is 29.2 Å². The quantitative estimate of drug-likeness (QED) is 0.216. The monoisotopic (exact) mass is 543 g/mol. The molecule has 0 bridgehead atoms. The zero-order chi connectivity index (χ0) is 28.3. The van der Waals surface area contributed by atoms with Gasteiger partial charge in [0.05, 0.1) is 30.6 Å². The van der Waals surface area contributed by atoms with Crippen LogP contribution in [0, 0.1) is 5.92 Å². The Balaban J connectivity index is 1.44. The van der Waals surface area contributed by atoms with Crippen molar-refractivity contribution in [2.24, 2.45) is 5.92 Å². The maximum absolute atomic E-state index is 13.1. The second-order valence-electron chi connectivity index (χ2n) is 11.0. The van der Waals surface area contributed by atoms with Gasteiger partial charge in [-0.15, -0.1) is 10.2 Å². The molecule has 2 fully saturated rings. The minimum Gasteiger partial charge on any atom is -0.494 e. The first-order valence-electron chi connectivity index (χ1n) is 13.4. The lowest BCUT2D eigenvalue weighted by atomic mass is 9.49. The number of nitrogens with zero attached hydrogens (tertiary/aromatic N) is 5. The van der Waals surface area contributed by atoms with E-state index in [2.05, 4.69) is 46.5 Å². The number of hydrogen-bond donors (Lipinski definition) is 4. The number of anilines is 3. The number of carbonyl (C=O) groups is 2. The summed E-state index contributed by atoms with van der Waals surface area (Å²) >= 11 is 0. The van der Waals surface area contributed by atoms with Crippen LogP contribution in [0.2, 0.25) is 0 Å². The zero-order valence-electron chi connectivity index (χ0n) is 23.2. The van der Waals surface area contributed by atoms with Crippen LogP contribution >= 0.6 is 0 Å². The van der Waals surface area contributed by atoms with Gasteiger partial charge >= 0.3 is 0 Å². The van der Waals surface area contributed by atoms with Gasteiger partial charge in [0.15, 0.2) is 17.3 Å². The van der Waals surface area contributed by atoms with Gasteiger partial charge in [-0.2, -0.15) is 4.98 Å². The number of methoxy groups -OCH3 is 1. The number of aromatic nitrogens is 4. The number of para-hydroxylation sites is 1. The maximum Gasteiger partial charge on any atom is 0.272 e. The molecular formula is C24H32B3N9O4. The predicted molar refractivity (Wildman–Crippen MR) is 157 cm³/mol. The molecule has 16 heteroatoms. The predicted octanol–water partition coefficient (Wildman–Crippen LogP) is -1.73. The fourth-order valence-electron chi connectivity index (χ4n) is 4.35. The molecule has 1 saturated carbocycles. The Morgan fingerprint density at radius 2 is 1.95 bits per heavy atom. The molecule has 4 N–H and O–H groups in total. The van der Waals surface area contributed by atoms with Gasteiger partial charge in [-0.25, -0.2) is 0 Å². The molecule has 1 aliphatic heterocycles. The molecule has 206 valence electrons. The third-order valence-corrected chi connectivity index (χ3v) is 6.46. The molecule has 0 unspecified atom stereocenters. The van der Waals surface area contributed by atoms with E-state index in [1.54, 1.807) is 19.2 Å². The van der Waals surface area contributed by atoms with Gasteiger partial charge in [-0.1, -0.05) is 11.2 Å². The lowest BCUT2D eigenvalue weighted by Crippen LogP contribution is -2.50. The summed E-state index contributed by atoms with van der Waals surface area (Å²) < 4.78 is 11.3. The lowest BCUT2D eigenvalue weighted by molar-refractivity contribution is -0.117. The number of hydrogen-bond acceptors (Lipinski definition) is 11. The normalized spacial score (nSPS) is 15.8. The van der Waals surface area contributed by atoms with Crippen LogP contribution in [0.3, 0.4) is 0 Å². The fourth-order valence-corrected chi connectivity index (χ4v) is 4.35. The van der Waals surface area contributed by atoms with Crippen molar-refractivity contribution >= 4 is 52.5 Å². The molecule has 3 aromatic rings. The van der Waals surface area contributed by atoms with Gasteiger partial charge in [-0.05, 0) is 30.2 Å². The number of benzene rings is 1. The van der Waals surface area contributed by atoms with Crippen LogP contribution in [0.5, 0.6) is 5.75 Å². The van der Waals surface area contributed by atoms with E-state index in [-0.39, 0.29) is 23.3 Å². The molecule has 0 atom stereocenters. The number of amides is 2. The van der Waals surface area contributed by atoms with E-state index in [4.69, 9.17) is 9.26 Å². The number of rotatable bonds is 10. The highest BCUT2D eigenvalue weighted by atomic mass is 16.5. The Bertz CT molecular complexity index is 1390. The van der Waals surface area contributed by atoms with Crippen molar-refractivity contribution in [3.05, 3.63) is 35.9 Å². The zero-order valence-corrected chi connectivity index (χ0v) is 23.2. The first-order valence-corrected chi connectivity index (χ1v) is 13.4. The van der Waals surface area contributed by atoms with Crippen molar-refractivity contribution in [1.29, 1.82) is 0 Å². The van der Waals surface area contributed by atoms with E-state index in [1.807, 2.05) is 35.7 Å². The van der Waals surface area contributed by atoms with E-state index in [1.165, 1.54) is 0 Å². The highest BCUT2D eigenvalue weighted by Gasteiger charge is 2.30. The summed E-state index contributed by atoms with van der Waals surface area (Å²) in [5.41, 5.74) is 1.59. The molecule has 2 amide bonds. The summed E-state index contributed by atoms with van der Waals surface area (Å²) in [5, 5.41) is 24.2. The van der Waals surface area contributed by atoms with E-state index >= 15 is 0 Å². The molecule has 3 heterocycles. The smallest absolute Gasteiger partial charge is 0.272 e. The molecule has 5 rings (SSSR count). The van der Waals surface area contributed by atoms with Crippen LogP contribution in [0.25, 0.3) is 11.4 Å². The van der Waals surface area contributed by atoms with Crippen LogP contribution in [-0.4, -0.2) is 99.1 Å². The van der Waals surface area contributed by atoms with Crippen LogP contribution in [-0.2, 0) is 11.3 Å². The third kappa shape index (κ3) is 6.80. The van der Waals surface area contributed by atoms with Crippen LogP contribution < -0.4 is 26.0 Å². The summed E-state index contributed by atoms with van der Waals surface area (Å²) in [4.78, 5) is 32.3. The number of nitrogens with one attached hydrogen (secondary N) is 4. The van der Waals surface area contributed by atoms with Crippen molar-refractivity contribution in [2.45, 2.75) is 24.6 Å². The van der Waals surface area contributed by atoms with Gasteiger partial charge in [0.1, 0.15) is 23.5 Å². The first kappa shape index (κ1) is 27.7. The first-order chi connectivity index (χ1) is 19.2. The van der Waals surface area contributed by atoms with Crippen molar-refractivity contribution < 1.29 is 18.8 Å². The molecular weight excluding hydrogens is 511 g/mol. The van der Waals surface area contributed by atoms with Crippen molar-refractivity contribution in [3.8, 4) is 17.1 Å². The largest absolute Gasteiger partial charge is 0.494 e. The third-order valence-electron chi connectivity index (χ3n) is 6.46. The molecule has 0 spiro atoms. The summed E-state index contributed by atoms with van der Waals surface area (Å²) in [5.74, 6) is 1.09. The fraction of sp³-hybridized carbons (Fsp3) is 0.417. The molecule has 0 radical (unpaired) electrons. The molecule has 2 aromatic heterocycles. The van der Waals surface area contributed by atoms with Gasteiger partial charge in [-0.3, -0.25) is 14.5 Å². The number of piperazine rings is 1. The lowest BCUT2D eigenvalue weighted by Gasteiger charge is -2.25. The minimum atomic E-state index is -0.493. The Morgan fingerprint density at radius 3 is 2.65 bits per heavy atom. The summed E-state index contributed by atoms with van der Waals surface area (Å²) in [7, 11) is 7.18. The Labute approximate surface area is 234 Å². The second-order valence-corrected chi connectivity index (χ2v) is 11.0. The average Bonchev–Trinajstić information content (AvgIpc) is 3.67. The highest BCUT2D eigenvalue weighted by Crippen LogP contribution is 2.37. The molecule has 1 saturated heterocycles. The molecule has 2 aliphatic rings. The van der Waals surface area contributed by atoms with Crippen molar-refractivity contribution in [1.82, 2.24) is 35.9 Å². The van der Waals surface area contributed by atoms with Crippen LogP contribution in [0.15, 0.2) is 28.8 Å². The van der Waals surface area contributed by atoms with Crippen molar-refractivity contribution in [2.75, 3.05) is 43.9 Å². The van der Waals surface area contributed by atoms with Gasteiger partial charge in [0.2, 0.25) is 17.6 Å². The minimum absolute atomic E-state index is 0.00900. The van der Waals surface area contributed by atoms with Crippen molar-refractivity contribution in [3.63, 3.8) is 0 Å². The maximum atomic E-state index is 13.1. The standard InChI is InChI=1S/C24H32B3N9O4/c1-39-20-14(21-31-18(40-35-21)12-36-9-7-28-8-10-36)3-2-4-15(20)29-16-11-17(30-22(37)13-5-6-13)33-34-19(16)23(38)32-24(25,26)27/h2-4,11,13,28H,5-10,12,25-27H2,1H3,(H,32,38)(H2,29,30,33,37). The van der Waals surface area contributed by atoms with Gasteiger partial charge < -0.3 is 30.5 Å². The number of ether oxygens (including phenoxy) is 1. The second kappa shape index (κ2) is 11.7. The average molecular weight is 543 g/mol. The van der Waals surface area contributed by atoms with E-state index in [9.17, 15) is 9.59 Å². The topological polar surface area (TPSA) is 159 Å². The molecule has 1 aliphatic carbocycles. The SMILES string of the molecule is BC(B)(B)NC(=O)c1nnc(NC(=O)C2CC2)cc1Nc1cccc(-c2noc(CN3CCNCC3)n2)c1OC. The van der Waals surface area contributed by atoms with Crippen LogP contribution in [0.4, 0.5) is 17.2 Å².